The average Bonchev–Trinajstić information content (AvgIpc) is 2.92. The average molecular weight is 592 g/mol. The normalized spacial score (nSPS) is 17.3. The van der Waals surface area contributed by atoms with Crippen LogP contribution in [0.4, 0.5) is 0 Å². The number of aliphatic hydroxyl groups is 8. The van der Waals surface area contributed by atoms with Crippen LogP contribution in [0.15, 0.2) is 0 Å². The van der Waals surface area contributed by atoms with E-state index in [1.807, 2.05) is 0 Å². The zero-order valence-corrected chi connectivity index (χ0v) is 23.4. The van der Waals surface area contributed by atoms with E-state index in [1.165, 1.54) is 0 Å². The number of hydrogen-bond donors (Lipinski definition) is 9. The molecule has 0 bridgehead atoms. The third-order valence-corrected chi connectivity index (χ3v) is 5.37. The second-order valence-corrected chi connectivity index (χ2v) is 9.72. The zero-order valence-electron chi connectivity index (χ0n) is 23.4. The Morgan fingerprint density at radius 3 is 0.950 bits per heavy atom. The van der Waals surface area contributed by atoms with Crippen LogP contribution in [0.5, 0.6) is 0 Å². The highest BCUT2D eigenvalue weighted by Gasteiger charge is 2.16. The summed E-state index contributed by atoms with van der Waals surface area (Å²) in [5, 5.41) is 73.9. The topological polar surface area (TPSA) is 243 Å². The summed E-state index contributed by atoms with van der Waals surface area (Å²) in [5.41, 5.74) is 6.10. The third-order valence-electron chi connectivity index (χ3n) is 5.37. The largest absolute Gasteiger partial charge is 0.396 e. The highest BCUT2D eigenvalue weighted by Crippen LogP contribution is 2.06. The molecule has 6 unspecified atom stereocenters. The van der Waals surface area contributed by atoms with E-state index in [2.05, 4.69) is 0 Å². The van der Waals surface area contributed by atoms with Gasteiger partial charge in [-0.3, -0.25) is 0 Å². The van der Waals surface area contributed by atoms with E-state index in [0.29, 0.717) is 0 Å². The molecule has 0 fully saturated rings. The first kappa shape index (κ1) is 39.4. The van der Waals surface area contributed by atoms with Crippen LogP contribution >= 0.6 is 0 Å². The highest BCUT2D eigenvalue weighted by atomic mass is 16.5. The number of ether oxygens (including phenoxy) is 6. The van der Waals surface area contributed by atoms with Gasteiger partial charge in [-0.15, -0.1) is 0 Å². The minimum atomic E-state index is -0.996. The van der Waals surface area contributed by atoms with Crippen molar-refractivity contribution in [1.29, 1.82) is 0 Å². The van der Waals surface area contributed by atoms with Crippen LogP contribution in [0.3, 0.4) is 0 Å². The van der Waals surface area contributed by atoms with Gasteiger partial charge in [-0.1, -0.05) is 0 Å². The maximum Gasteiger partial charge on any atom is 0.100 e. The number of hydrogen-bond acceptors (Lipinski definition) is 15. The molecule has 15 nitrogen and oxygen atoms in total. The van der Waals surface area contributed by atoms with Crippen molar-refractivity contribution in [3.8, 4) is 0 Å². The molecule has 0 aromatic rings. The predicted molar refractivity (Wildman–Crippen MR) is 141 cm³/mol. The predicted octanol–water partition coefficient (Wildman–Crippen LogP) is -4.16. The van der Waals surface area contributed by atoms with Crippen molar-refractivity contribution in [3.63, 3.8) is 0 Å². The minimum Gasteiger partial charge on any atom is -0.396 e. The Morgan fingerprint density at radius 2 is 0.675 bits per heavy atom. The van der Waals surface area contributed by atoms with Crippen LogP contribution in [0.2, 0.25) is 0 Å². The summed E-state index contributed by atoms with van der Waals surface area (Å²) in [4.78, 5) is 0. The van der Waals surface area contributed by atoms with Crippen molar-refractivity contribution in [2.75, 3.05) is 106 Å². The molecule has 0 rings (SSSR count). The maximum absolute atomic E-state index is 9.69. The number of rotatable bonds is 30. The molecule has 0 radical (unpaired) electrons. The molecule has 6 atom stereocenters. The van der Waals surface area contributed by atoms with E-state index in [4.69, 9.17) is 54.6 Å². The fraction of sp³-hybridized carbons (Fsp3) is 1.00. The molecule has 0 aliphatic carbocycles. The molecule has 0 heterocycles. The van der Waals surface area contributed by atoms with Crippen molar-refractivity contribution >= 4 is 0 Å². The van der Waals surface area contributed by atoms with Crippen molar-refractivity contribution in [3.05, 3.63) is 0 Å². The molecule has 0 amide bonds. The molecule has 0 saturated heterocycles. The second-order valence-electron chi connectivity index (χ2n) is 9.72. The molecule has 0 aliphatic rings. The molecule has 0 saturated carbocycles. The van der Waals surface area contributed by atoms with Gasteiger partial charge in [-0.2, -0.15) is 0 Å². The van der Waals surface area contributed by atoms with Crippen molar-refractivity contribution in [2.24, 2.45) is 17.6 Å². The van der Waals surface area contributed by atoms with E-state index in [9.17, 15) is 20.4 Å². The molecule has 40 heavy (non-hydrogen) atoms. The molecule has 10 N–H and O–H groups in total. The first-order valence-electron chi connectivity index (χ1n) is 13.6. The van der Waals surface area contributed by atoms with E-state index in [-0.39, 0.29) is 117 Å². The molecule has 242 valence electrons. The van der Waals surface area contributed by atoms with Gasteiger partial charge in [0.15, 0.2) is 0 Å². The lowest BCUT2D eigenvalue weighted by atomic mass is 10.2. The Kier molecular flexibility index (Phi) is 26.8. The summed E-state index contributed by atoms with van der Waals surface area (Å²) in [6, 6.07) is -0.463. The van der Waals surface area contributed by atoms with Gasteiger partial charge in [-0.25, -0.2) is 0 Å². The van der Waals surface area contributed by atoms with E-state index in [1.54, 1.807) is 0 Å². The first-order valence-corrected chi connectivity index (χ1v) is 13.6. The van der Waals surface area contributed by atoms with Gasteiger partial charge in [-0.05, 0) is 12.8 Å². The van der Waals surface area contributed by atoms with Gasteiger partial charge in [0, 0.05) is 25.0 Å². The Bertz CT molecular complexity index is 494. The Morgan fingerprint density at radius 1 is 0.400 bits per heavy atom. The highest BCUT2D eigenvalue weighted by molar-refractivity contribution is 4.65. The smallest absolute Gasteiger partial charge is 0.100 e. The summed E-state index contributed by atoms with van der Waals surface area (Å²) >= 11 is 0. The Balaban J connectivity index is 4.49. The molecule has 15 heteroatoms. The first-order chi connectivity index (χ1) is 19.2. The van der Waals surface area contributed by atoms with E-state index in [0.717, 1.165) is 0 Å². The van der Waals surface area contributed by atoms with Crippen LogP contribution in [0.1, 0.15) is 12.8 Å². The van der Waals surface area contributed by atoms with Crippen molar-refractivity contribution < 1.29 is 69.3 Å². The zero-order chi connectivity index (χ0) is 30.0. The van der Waals surface area contributed by atoms with Crippen LogP contribution in [-0.2, 0) is 28.4 Å². The van der Waals surface area contributed by atoms with Gasteiger partial charge >= 0.3 is 0 Å². The molecule has 0 aromatic heterocycles. The van der Waals surface area contributed by atoms with Crippen LogP contribution in [-0.4, -0.2) is 177 Å². The fourth-order valence-electron chi connectivity index (χ4n) is 3.16. The Hall–Kier alpha value is -0.600. The lowest BCUT2D eigenvalue weighted by Crippen LogP contribution is -2.35. The molecular weight excluding hydrogens is 538 g/mol. The van der Waals surface area contributed by atoms with Crippen LogP contribution in [0.25, 0.3) is 0 Å². The van der Waals surface area contributed by atoms with E-state index >= 15 is 0 Å². The van der Waals surface area contributed by atoms with Crippen molar-refractivity contribution in [2.45, 2.75) is 43.3 Å². The monoisotopic (exact) mass is 591 g/mol. The van der Waals surface area contributed by atoms with Gasteiger partial charge in [0.05, 0.1) is 111 Å². The number of nitrogens with two attached hydrogens (primary N) is 1. The quantitative estimate of drug-likeness (QED) is 0.0385. The lowest BCUT2D eigenvalue weighted by molar-refractivity contribution is -0.0573. The molecule has 0 spiro atoms. The molecule has 0 aromatic carbocycles. The molecule has 0 aliphatic heterocycles. The van der Waals surface area contributed by atoms with Gasteiger partial charge in [0.25, 0.3) is 0 Å². The van der Waals surface area contributed by atoms with Crippen LogP contribution < -0.4 is 5.73 Å². The molecular formula is C25H53NO14. The second kappa shape index (κ2) is 27.2. The van der Waals surface area contributed by atoms with Gasteiger partial charge < -0.3 is 75.0 Å². The number of aliphatic hydroxyl groups excluding tert-OH is 8. The standard InChI is InChI=1S/C25H53NO14/c26-21(13-35-7-19(11-39-17-24(33)5-29)9-37-15-22(31)1-3-27)14-36-8-20(12-40-18-25(34)6-30)10-38-16-23(32)2-4-28/h19-25,27-34H,1-18,26H2. The van der Waals surface area contributed by atoms with E-state index < -0.39 is 43.7 Å². The van der Waals surface area contributed by atoms with Crippen LogP contribution in [0, 0.1) is 11.8 Å². The Labute approximate surface area is 236 Å². The summed E-state index contributed by atoms with van der Waals surface area (Å²) in [7, 11) is 0. The summed E-state index contributed by atoms with van der Waals surface area (Å²) < 4.78 is 33.2. The third kappa shape index (κ3) is 24.0. The SMILES string of the molecule is NC(COCC(COCC(O)CO)COCC(O)CCO)COCC(COCC(O)CO)COCC(O)CCO. The van der Waals surface area contributed by atoms with Gasteiger partial charge in [0.2, 0.25) is 0 Å². The maximum atomic E-state index is 9.69. The lowest BCUT2D eigenvalue weighted by Gasteiger charge is -2.22. The fourth-order valence-corrected chi connectivity index (χ4v) is 3.16. The van der Waals surface area contributed by atoms with Crippen molar-refractivity contribution in [1.82, 2.24) is 0 Å². The van der Waals surface area contributed by atoms with Gasteiger partial charge in [0.1, 0.15) is 12.2 Å². The minimum absolute atomic E-state index is 0.0393. The summed E-state index contributed by atoms with van der Waals surface area (Å²) in [5.74, 6) is -0.482. The summed E-state index contributed by atoms with van der Waals surface area (Å²) in [6.45, 7) is 0.333. The summed E-state index contributed by atoms with van der Waals surface area (Å²) in [6.07, 6.45) is -3.18.